The van der Waals surface area contributed by atoms with Crippen molar-refractivity contribution in [2.24, 2.45) is 5.41 Å². The number of benzene rings is 2. The van der Waals surface area contributed by atoms with Crippen molar-refractivity contribution in [3.63, 3.8) is 0 Å². The predicted molar refractivity (Wildman–Crippen MR) is 134 cm³/mol. The lowest BCUT2D eigenvalue weighted by Gasteiger charge is -2.25. The molecule has 1 saturated heterocycles. The highest BCUT2D eigenvalue weighted by atomic mass is 16.2. The number of imide groups is 4. The third-order valence-electron chi connectivity index (χ3n) is 6.01. The van der Waals surface area contributed by atoms with Gasteiger partial charge < -0.3 is 0 Å². The number of amides is 8. The molecule has 0 spiro atoms. The Kier molecular flexibility index (Phi) is 6.85. The molecular formula is C27H22N4O7. The van der Waals surface area contributed by atoms with Crippen LogP contribution in [-0.2, 0) is 35.2 Å². The molecule has 11 nitrogen and oxygen atoms in total. The number of urea groups is 1. The number of barbiturate groups is 1. The van der Waals surface area contributed by atoms with Gasteiger partial charge in [0.1, 0.15) is 5.41 Å². The summed E-state index contributed by atoms with van der Waals surface area (Å²) < 4.78 is 0. The second kappa shape index (κ2) is 10.1. The van der Waals surface area contributed by atoms with Crippen LogP contribution in [0.3, 0.4) is 0 Å². The summed E-state index contributed by atoms with van der Waals surface area (Å²) in [6.45, 7) is 2.90. The van der Waals surface area contributed by atoms with E-state index in [9.17, 15) is 33.6 Å². The number of rotatable bonds is 4. The van der Waals surface area contributed by atoms with Gasteiger partial charge in [-0.2, -0.15) is 0 Å². The van der Waals surface area contributed by atoms with E-state index in [-0.39, 0.29) is 23.6 Å². The highest BCUT2D eigenvalue weighted by Gasteiger charge is 2.41. The second-order valence-electron chi connectivity index (χ2n) is 9.06. The van der Waals surface area contributed by atoms with Crippen molar-refractivity contribution in [1.29, 1.82) is 0 Å². The first-order chi connectivity index (χ1) is 18.0. The summed E-state index contributed by atoms with van der Waals surface area (Å²) >= 11 is 0. The minimum absolute atomic E-state index is 0.344. The van der Waals surface area contributed by atoms with Crippen molar-refractivity contribution >= 4 is 52.8 Å². The normalized spacial score (nSPS) is 18.0. The Labute approximate surface area is 216 Å². The average Bonchev–Trinajstić information content (AvgIpc) is 3.39. The lowest BCUT2D eigenvalue weighted by molar-refractivity contribution is -0.142. The van der Waals surface area contributed by atoms with E-state index in [4.69, 9.17) is 0 Å². The second-order valence-corrected chi connectivity index (χ2v) is 9.06. The molecule has 3 aliphatic rings. The summed E-state index contributed by atoms with van der Waals surface area (Å²) in [5, 5.41) is 3.98. The highest BCUT2D eigenvalue weighted by Crippen LogP contribution is 2.23. The third-order valence-corrected chi connectivity index (χ3v) is 6.01. The van der Waals surface area contributed by atoms with Crippen LogP contribution in [-0.4, -0.2) is 41.5 Å². The summed E-state index contributed by atoms with van der Waals surface area (Å²) in [5.41, 5.74) is 1.94. The van der Waals surface area contributed by atoms with Crippen molar-refractivity contribution < 1.29 is 33.6 Å². The van der Waals surface area contributed by atoms with Gasteiger partial charge in [-0.05, 0) is 55.7 Å². The van der Waals surface area contributed by atoms with Crippen molar-refractivity contribution in [3.8, 4) is 0 Å². The molecule has 5 rings (SSSR count). The zero-order valence-corrected chi connectivity index (χ0v) is 20.4. The van der Waals surface area contributed by atoms with E-state index in [1.165, 1.54) is 38.2 Å². The Morgan fingerprint density at radius 3 is 1.18 bits per heavy atom. The number of hydrogen-bond acceptors (Lipinski definition) is 7. The van der Waals surface area contributed by atoms with Crippen LogP contribution in [0.15, 0.2) is 72.8 Å². The molecule has 0 radical (unpaired) electrons. The standard InChI is InChI=1S/C21H14N2O4.C6H8N2O3/c24-18-9-10-19(25)22(18)16-5-1-14(2-6-16)13-15-3-7-17(8-4-15)23-20(26)11-12-21(23)27;1-6(2)3(9)7-5(11)8-4(6)10/h1-12H,13H2;1-2H3,(H2,7,8,9,10,11). The molecule has 0 saturated carbocycles. The number of carbonyl (C=O) groups excluding carboxylic acids is 7. The van der Waals surface area contributed by atoms with Crippen molar-refractivity contribution in [2.45, 2.75) is 20.3 Å². The van der Waals surface area contributed by atoms with E-state index in [0.29, 0.717) is 17.8 Å². The monoisotopic (exact) mass is 514 g/mol. The van der Waals surface area contributed by atoms with Crippen LogP contribution in [0.5, 0.6) is 0 Å². The van der Waals surface area contributed by atoms with Crippen LogP contribution in [0, 0.1) is 5.41 Å². The number of nitrogens with zero attached hydrogens (tertiary/aromatic N) is 2. The average molecular weight is 514 g/mol. The van der Waals surface area contributed by atoms with Gasteiger partial charge in [-0.1, -0.05) is 24.3 Å². The summed E-state index contributed by atoms with van der Waals surface area (Å²) in [6, 6.07) is 13.6. The molecule has 3 heterocycles. The summed E-state index contributed by atoms with van der Waals surface area (Å²) in [4.78, 5) is 81.5. The van der Waals surface area contributed by atoms with Crippen LogP contribution >= 0.6 is 0 Å². The quantitative estimate of drug-likeness (QED) is 0.464. The minimum Gasteiger partial charge on any atom is -0.277 e. The first-order valence-electron chi connectivity index (χ1n) is 11.4. The van der Waals surface area contributed by atoms with Gasteiger partial charge >= 0.3 is 6.03 Å². The summed E-state index contributed by atoms with van der Waals surface area (Å²) in [5.74, 6) is -2.50. The van der Waals surface area contributed by atoms with Crippen molar-refractivity contribution in [1.82, 2.24) is 10.6 Å². The molecular weight excluding hydrogens is 492 g/mol. The van der Waals surface area contributed by atoms with Crippen LogP contribution in [0.1, 0.15) is 25.0 Å². The molecule has 2 aromatic carbocycles. The Hall–Kier alpha value is -5.19. The first-order valence-corrected chi connectivity index (χ1v) is 11.4. The Morgan fingerprint density at radius 1 is 0.553 bits per heavy atom. The van der Waals surface area contributed by atoms with Crippen LogP contribution < -0.4 is 20.4 Å². The molecule has 11 heteroatoms. The fourth-order valence-corrected chi connectivity index (χ4v) is 3.72. The molecule has 192 valence electrons. The molecule has 1 fully saturated rings. The smallest absolute Gasteiger partial charge is 0.277 e. The van der Waals surface area contributed by atoms with E-state index < -0.39 is 23.3 Å². The summed E-state index contributed by atoms with van der Waals surface area (Å²) in [6.07, 6.45) is 5.65. The fourth-order valence-electron chi connectivity index (χ4n) is 3.72. The highest BCUT2D eigenvalue weighted by molar-refractivity contribution is 6.28. The molecule has 3 aliphatic heterocycles. The minimum atomic E-state index is -1.14. The first kappa shape index (κ1) is 25.9. The third kappa shape index (κ3) is 5.16. The molecule has 0 aliphatic carbocycles. The topological polar surface area (TPSA) is 150 Å². The van der Waals surface area contributed by atoms with E-state index >= 15 is 0 Å². The Balaban J connectivity index is 0.000000257. The lowest BCUT2D eigenvalue weighted by atomic mass is 9.90. The molecule has 2 N–H and O–H groups in total. The van der Waals surface area contributed by atoms with E-state index in [1.54, 1.807) is 24.3 Å². The van der Waals surface area contributed by atoms with E-state index in [2.05, 4.69) is 0 Å². The molecule has 2 aromatic rings. The van der Waals surface area contributed by atoms with Gasteiger partial charge in [-0.15, -0.1) is 0 Å². The zero-order valence-electron chi connectivity index (χ0n) is 20.4. The van der Waals surface area contributed by atoms with Crippen LogP contribution in [0.25, 0.3) is 0 Å². The van der Waals surface area contributed by atoms with Gasteiger partial charge in [-0.25, -0.2) is 14.6 Å². The van der Waals surface area contributed by atoms with Gasteiger partial charge in [0.15, 0.2) is 0 Å². The number of anilines is 2. The van der Waals surface area contributed by atoms with E-state index in [1.807, 2.05) is 34.9 Å². The molecule has 0 atom stereocenters. The SMILES string of the molecule is CC1(C)C(=O)NC(=O)NC1=O.O=C1C=CC(=O)N1c1ccc(Cc2ccc(N3C(=O)C=CC3=O)cc2)cc1. The number of carbonyl (C=O) groups is 7. The lowest BCUT2D eigenvalue weighted by Crippen LogP contribution is -2.60. The van der Waals surface area contributed by atoms with Crippen LogP contribution in [0.4, 0.5) is 16.2 Å². The van der Waals surface area contributed by atoms with Gasteiger partial charge in [0.05, 0.1) is 11.4 Å². The number of hydrogen-bond donors (Lipinski definition) is 2. The van der Waals surface area contributed by atoms with Gasteiger partial charge in [0.25, 0.3) is 23.6 Å². The zero-order chi connectivity index (χ0) is 27.6. The van der Waals surface area contributed by atoms with Gasteiger partial charge in [0.2, 0.25) is 11.8 Å². The predicted octanol–water partition coefficient (Wildman–Crippen LogP) is 1.51. The maximum atomic E-state index is 11.7. The Bertz CT molecular complexity index is 1300. The molecule has 0 unspecified atom stereocenters. The fraction of sp³-hybridized carbons (Fsp3) is 0.148. The Morgan fingerprint density at radius 2 is 0.868 bits per heavy atom. The molecule has 38 heavy (non-hydrogen) atoms. The maximum Gasteiger partial charge on any atom is 0.328 e. The van der Waals surface area contributed by atoms with Gasteiger partial charge in [-0.3, -0.25) is 39.4 Å². The van der Waals surface area contributed by atoms with Gasteiger partial charge in [0, 0.05) is 24.3 Å². The summed E-state index contributed by atoms with van der Waals surface area (Å²) in [7, 11) is 0. The molecule has 0 bridgehead atoms. The van der Waals surface area contributed by atoms with E-state index in [0.717, 1.165) is 20.9 Å². The largest absolute Gasteiger partial charge is 0.328 e. The van der Waals surface area contributed by atoms with Crippen molar-refractivity contribution in [2.75, 3.05) is 9.80 Å². The number of nitrogens with one attached hydrogen (secondary N) is 2. The molecule has 8 amide bonds. The van der Waals surface area contributed by atoms with Crippen molar-refractivity contribution in [3.05, 3.63) is 84.0 Å². The van der Waals surface area contributed by atoms with Crippen LogP contribution in [0.2, 0.25) is 0 Å². The molecule has 0 aromatic heterocycles. The maximum absolute atomic E-state index is 11.7.